The van der Waals surface area contributed by atoms with E-state index >= 15 is 0 Å². The summed E-state index contributed by atoms with van der Waals surface area (Å²) < 4.78 is 1.92. The molecule has 1 N–H and O–H groups in total. The normalized spacial score (nSPS) is 20.1. The SMILES string of the molecule is CC1CC=C(c2ccc3cnn(C)c3c2)NC1. The lowest BCUT2D eigenvalue weighted by Gasteiger charge is -2.21. The summed E-state index contributed by atoms with van der Waals surface area (Å²) in [6, 6.07) is 6.51. The zero-order chi connectivity index (χ0) is 11.8. The van der Waals surface area contributed by atoms with Gasteiger partial charge in [0.25, 0.3) is 0 Å². The van der Waals surface area contributed by atoms with Crippen molar-refractivity contribution >= 4 is 16.6 Å². The van der Waals surface area contributed by atoms with Crippen LogP contribution in [0, 0.1) is 5.92 Å². The molecule has 2 aromatic rings. The van der Waals surface area contributed by atoms with E-state index in [1.54, 1.807) is 0 Å². The highest BCUT2D eigenvalue weighted by atomic mass is 15.2. The second-order valence-electron chi connectivity index (χ2n) is 4.88. The molecule has 3 heteroatoms. The van der Waals surface area contributed by atoms with E-state index in [1.807, 2.05) is 17.9 Å². The molecule has 3 rings (SSSR count). The number of nitrogens with zero attached hydrogens (tertiary/aromatic N) is 2. The summed E-state index contributed by atoms with van der Waals surface area (Å²) in [5, 5.41) is 8.96. The van der Waals surface area contributed by atoms with Crippen molar-refractivity contribution in [3.63, 3.8) is 0 Å². The third-order valence-electron chi connectivity index (χ3n) is 3.43. The van der Waals surface area contributed by atoms with E-state index in [1.165, 1.54) is 22.2 Å². The minimum atomic E-state index is 0.735. The van der Waals surface area contributed by atoms with E-state index in [9.17, 15) is 0 Å². The highest BCUT2D eigenvalue weighted by Crippen LogP contribution is 2.22. The van der Waals surface area contributed by atoms with Gasteiger partial charge in [-0.1, -0.05) is 25.1 Å². The van der Waals surface area contributed by atoms with Crippen molar-refractivity contribution in [2.24, 2.45) is 13.0 Å². The van der Waals surface area contributed by atoms with Crippen molar-refractivity contribution in [1.29, 1.82) is 0 Å². The van der Waals surface area contributed by atoms with Gasteiger partial charge in [0, 0.05) is 24.7 Å². The molecule has 0 fully saturated rings. The molecule has 1 aliphatic heterocycles. The zero-order valence-corrected chi connectivity index (χ0v) is 10.3. The highest BCUT2D eigenvalue weighted by Gasteiger charge is 2.11. The van der Waals surface area contributed by atoms with E-state index in [0.717, 1.165) is 18.9 Å². The van der Waals surface area contributed by atoms with Gasteiger partial charge in [0.15, 0.2) is 0 Å². The second kappa shape index (κ2) is 3.91. The van der Waals surface area contributed by atoms with Crippen LogP contribution in [0.4, 0.5) is 0 Å². The monoisotopic (exact) mass is 227 g/mol. The minimum Gasteiger partial charge on any atom is -0.385 e. The average molecular weight is 227 g/mol. The fraction of sp³-hybridized carbons (Fsp3) is 0.357. The lowest BCUT2D eigenvalue weighted by Crippen LogP contribution is -2.23. The van der Waals surface area contributed by atoms with Crippen LogP contribution in [0.25, 0.3) is 16.6 Å². The Morgan fingerprint density at radius 3 is 3.06 bits per heavy atom. The Kier molecular flexibility index (Phi) is 2.39. The summed E-state index contributed by atoms with van der Waals surface area (Å²) in [5.74, 6) is 0.735. The van der Waals surface area contributed by atoms with Gasteiger partial charge in [0.05, 0.1) is 11.7 Å². The Morgan fingerprint density at radius 1 is 1.41 bits per heavy atom. The molecule has 1 aliphatic rings. The summed E-state index contributed by atoms with van der Waals surface area (Å²) in [4.78, 5) is 0. The van der Waals surface area contributed by atoms with Crippen molar-refractivity contribution in [3.8, 4) is 0 Å². The summed E-state index contributed by atoms with van der Waals surface area (Å²) in [6.45, 7) is 3.33. The number of hydrogen-bond acceptors (Lipinski definition) is 2. The molecular weight excluding hydrogens is 210 g/mol. The molecule has 0 bridgehead atoms. The van der Waals surface area contributed by atoms with Gasteiger partial charge in [-0.15, -0.1) is 0 Å². The molecule has 2 heterocycles. The number of aromatic nitrogens is 2. The molecule has 0 saturated carbocycles. The smallest absolute Gasteiger partial charge is 0.0685 e. The Labute approximate surface area is 101 Å². The van der Waals surface area contributed by atoms with Gasteiger partial charge in [-0.05, 0) is 24.0 Å². The molecule has 1 aromatic carbocycles. The molecule has 0 aliphatic carbocycles. The Hall–Kier alpha value is -1.77. The minimum absolute atomic E-state index is 0.735. The number of fused-ring (bicyclic) bond motifs is 1. The molecule has 1 aromatic heterocycles. The number of benzene rings is 1. The highest BCUT2D eigenvalue weighted by molar-refractivity contribution is 5.83. The fourth-order valence-corrected chi connectivity index (χ4v) is 2.29. The van der Waals surface area contributed by atoms with E-state index < -0.39 is 0 Å². The number of aryl methyl sites for hydroxylation is 1. The van der Waals surface area contributed by atoms with Gasteiger partial charge in [-0.2, -0.15) is 5.10 Å². The van der Waals surface area contributed by atoms with Crippen LogP contribution >= 0.6 is 0 Å². The number of nitrogens with one attached hydrogen (secondary N) is 1. The van der Waals surface area contributed by atoms with Crippen molar-refractivity contribution < 1.29 is 0 Å². The fourth-order valence-electron chi connectivity index (χ4n) is 2.29. The van der Waals surface area contributed by atoms with Crippen LogP contribution < -0.4 is 5.32 Å². The van der Waals surface area contributed by atoms with Crippen LogP contribution in [-0.2, 0) is 7.05 Å². The van der Waals surface area contributed by atoms with Crippen LogP contribution in [0.5, 0.6) is 0 Å². The Balaban J connectivity index is 2.03. The van der Waals surface area contributed by atoms with Crippen LogP contribution in [0.15, 0.2) is 30.5 Å². The summed E-state index contributed by atoms with van der Waals surface area (Å²) >= 11 is 0. The van der Waals surface area contributed by atoms with E-state index in [-0.39, 0.29) is 0 Å². The van der Waals surface area contributed by atoms with Crippen LogP contribution in [0.2, 0.25) is 0 Å². The molecule has 0 radical (unpaired) electrons. The standard InChI is InChI=1S/C14H17N3/c1-10-3-6-13(15-8-10)11-4-5-12-9-16-17(2)14(12)7-11/h4-7,9-10,15H,3,8H2,1-2H3. The third kappa shape index (κ3) is 1.82. The lowest BCUT2D eigenvalue weighted by molar-refractivity contribution is 0.550. The van der Waals surface area contributed by atoms with Crippen LogP contribution in [-0.4, -0.2) is 16.3 Å². The van der Waals surface area contributed by atoms with Crippen molar-refractivity contribution in [2.75, 3.05) is 6.54 Å². The topological polar surface area (TPSA) is 29.9 Å². The van der Waals surface area contributed by atoms with E-state index in [2.05, 4.69) is 41.6 Å². The largest absolute Gasteiger partial charge is 0.385 e. The summed E-state index contributed by atoms with van der Waals surface area (Å²) in [7, 11) is 1.98. The molecule has 0 spiro atoms. The number of hydrogen-bond donors (Lipinski definition) is 1. The van der Waals surface area contributed by atoms with Gasteiger partial charge in [0.1, 0.15) is 0 Å². The first-order valence-corrected chi connectivity index (χ1v) is 6.10. The molecule has 0 amide bonds. The van der Waals surface area contributed by atoms with Gasteiger partial charge < -0.3 is 5.32 Å². The number of allylic oxidation sites excluding steroid dienone is 1. The van der Waals surface area contributed by atoms with Gasteiger partial charge in [-0.3, -0.25) is 4.68 Å². The second-order valence-corrected chi connectivity index (χ2v) is 4.88. The quantitative estimate of drug-likeness (QED) is 0.811. The average Bonchev–Trinajstić information content (AvgIpc) is 2.72. The van der Waals surface area contributed by atoms with E-state index in [4.69, 9.17) is 0 Å². The van der Waals surface area contributed by atoms with Gasteiger partial charge in [-0.25, -0.2) is 0 Å². The first-order chi connectivity index (χ1) is 8.24. The third-order valence-corrected chi connectivity index (χ3v) is 3.43. The maximum atomic E-state index is 4.27. The molecule has 17 heavy (non-hydrogen) atoms. The lowest BCUT2D eigenvalue weighted by atomic mass is 10.00. The molecule has 88 valence electrons. The van der Waals surface area contributed by atoms with Crippen molar-refractivity contribution in [2.45, 2.75) is 13.3 Å². The van der Waals surface area contributed by atoms with Crippen molar-refractivity contribution in [1.82, 2.24) is 15.1 Å². The predicted octanol–water partition coefficient (Wildman–Crippen LogP) is 2.54. The molecular formula is C14H17N3. The maximum Gasteiger partial charge on any atom is 0.0685 e. The molecule has 1 atom stereocenters. The number of rotatable bonds is 1. The van der Waals surface area contributed by atoms with Crippen LogP contribution in [0.1, 0.15) is 18.9 Å². The van der Waals surface area contributed by atoms with Gasteiger partial charge >= 0.3 is 0 Å². The van der Waals surface area contributed by atoms with Gasteiger partial charge in [0.2, 0.25) is 0 Å². The molecule has 0 saturated heterocycles. The molecule has 3 nitrogen and oxygen atoms in total. The first kappa shape index (κ1) is 10.4. The first-order valence-electron chi connectivity index (χ1n) is 6.10. The van der Waals surface area contributed by atoms with Crippen LogP contribution in [0.3, 0.4) is 0 Å². The predicted molar refractivity (Wildman–Crippen MR) is 70.5 cm³/mol. The van der Waals surface area contributed by atoms with E-state index in [0.29, 0.717) is 0 Å². The Bertz CT molecular complexity index is 580. The zero-order valence-electron chi connectivity index (χ0n) is 10.3. The van der Waals surface area contributed by atoms with Crippen molar-refractivity contribution in [3.05, 3.63) is 36.0 Å². The summed E-state index contributed by atoms with van der Waals surface area (Å²) in [6.07, 6.45) is 5.36. The Morgan fingerprint density at radius 2 is 2.29 bits per heavy atom. The maximum absolute atomic E-state index is 4.27. The molecule has 1 unspecified atom stereocenters. The summed E-state index contributed by atoms with van der Waals surface area (Å²) in [5.41, 5.74) is 3.70.